The average molecular weight is 849 g/mol. The molecule has 0 bridgehead atoms. The van der Waals surface area contributed by atoms with Gasteiger partial charge < -0.3 is 33.2 Å². The first-order chi connectivity index (χ1) is 29.9. The Morgan fingerprint density at radius 3 is 1.39 bits per heavy atom. The summed E-state index contributed by atoms with van der Waals surface area (Å²) in [5.41, 5.74) is 3.50. The zero-order valence-corrected chi connectivity index (χ0v) is 36.7. The van der Waals surface area contributed by atoms with Crippen LogP contribution in [-0.2, 0) is 34.4 Å². The molecule has 0 heterocycles. The van der Waals surface area contributed by atoms with Gasteiger partial charge in [-0.05, 0) is 117 Å². The number of ether oxygens (including phenoxy) is 7. The highest BCUT2D eigenvalue weighted by molar-refractivity contribution is 6.02. The Morgan fingerprint density at radius 2 is 0.952 bits per heavy atom. The van der Waals surface area contributed by atoms with E-state index in [1.165, 1.54) is 95.7 Å². The molecule has 0 aliphatic rings. The second kappa shape index (κ2) is 26.8. The molecule has 0 radical (unpaired) electrons. The normalized spacial score (nSPS) is 10.7. The molecule has 4 aromatic rings. The summed E-state index contributed by atoms with van der Waals surface area (Å²) in [5.74, 6) is -1.37. The molecular weight excluding hydrogens is 789 g/mol. The summed E-state index contributed by atoms with van der Waals surface area (Å²) < 4.78 is 37.8. The minimum atomic E-state index is -1.73. The highest BCUT2D eigenvalue weighted by Gasteiger charge is 2.41. The van der Waals surface area contributed by atoms with Gasteiger partial charge in [-0.25, -0.2) is 14.4 Å². The summed E-state index contributed by atoms with van der Waals surface area (Å²) in [6.45, 7) is 17.5. The van der Waals surface area contributed by atoms with Crippen LogP contribution in [0.5, 0.6) is 23.0 Å². The number of carbonyl (C=O) groups is 4. The molecule has 0 aliphatic heterocycles. The quantitative estimate of drug-likeness (QED) is 0.0158. The highest BCUT2D eigenvalue weighted by atomic mass is 16.7. The number of rotatable bonds is 25. The van der Waals surface area contributed by atoms with Gasteiger partial charge in [-0.15, -0.1) is 0 Å². The van der Waals surface area contributed by atoms with Crippen LogP contribution in [0.4, 0.5) is 0 Å². The largest absolute Gasteiger partial charge is 0.494 e. The van der Waals surface area contributed by atoms with Gasteiger partial charge in [0.1, 0.15) is 23.0 Å². The van der Waals surface area contributed by atoms with Crippen LogP contribution in [0, 0.1) is 0 Å². The molecular formula is C51H60O11. The monoisotopic (exact) mass is 848 g/mol. The molecule has 0 atom stereocenters. The minimum absolute atomic E-state index is 0.260. The van der Waals surface area contributed by atoms with Crippen LogP contribution in [0.15, 0.2) is 134 Å². The van der Waals surface area contributed by atoms with Crippen molar-refractivity contribution in [2.24, 2.45) is 0 Å². The topological polar surface area (TPSA) is 133 Å². The van der Waals surface area contributed by atoms with E-state index in [2.05, 4.69) is 50.9 Å². The third kappa shape index (κ3) is 16.3. The fourth-order valence-electron chi connectivity index (χ4n) is 5.82. The number of esters is 3. The third-order valence-corrected chi connectivity index (χ3v) is 9.37. The number of hydrogen-bond acceptors (Lipinski definition) is 11. The number of ketones is 1. The lowest BCUT2D eigenvalue weighted by atomic mass is 9.95. The maximum atomic E-state index is 13.3. The van der Waals surface area contributed by atoms with Crippen LogP contribution in [0.1, 0.15) is 88.1 Å². The average Bonchev–Trinajstić information content (AvgIpc) is 3.29. The van der Waals surface area contributed by atoms with Gasteiger partial charge in [0.15, 0.2) is 0 Å². The Morgan fingerprint density at radius 1 is 0.548 bits per heavy atom. The minimum Gasteiger partial charge on any atom is -0.494 e. The van der Waals surface area contributed by atoms with Gasteiger partial charge in [0.25, 0.3) is 5.79 Å². The first-order valence-electron chi connectivity index (χ1n) is 20.7. The Bertz CT molecular complexity index is 2040. The van der Waals surface area contributed by atoms with Gasteiger partial charge >= 0.3 is 17.9 Å². The molecule has 0 amide bonds. The molecule has 4 rings (SSSR count). The second-order valence-electron chi connectivity index (χ2n) is 14.3. The molecule has 0 aliphatic carbocycles. The van der Waals surface area contributed by atoms with E-state index in [-0.39, 0.29) is 34.2 Å². The lowest BCUT2D eigenvalue weighted by molar-refractivity contribution is -0.176. The lowest BCUT2D eigenvalue weighted by Gasteiger charge is -2.29. The molecule has 0 N–H and O–H groups in total. The Hall–Kier alpha value is -6.30. The van der Waals surface area contributed by atoms with Crippen LogP contribution in [-0.4, -0.2) is 57.7 Å². The van der Waals surface area contributed by atoms with Crippen LogP contribution in [0.2, 0.25) is 0 Å². The van der Waals surface area contributed by atoms with E-state index >= 15 is 0 Å². The second-order valence-corrected chi connectivity index (χ2v) is 14.3. The summed E-state index contributed by atoms with van der Waals surface area (Å²) in [7, 11) is 2.69. The van der Waals surface area contributed by atoms with Crippen LogP contribution >= 0.6 is 0 Å². The van der Waals surface area contributed by atoms with E-state index in [1.807, 2.05) is 24.3 Å². The Labute approximate surface area is 366 Å². The van der Waals surface area contributed by atoms with E-state index in [0.717, 1.165) is 48.5 Å². The van der Waals surface area contributed by atoms with Crippen molar-refractivity contribution >= 4 is 23.7 Å². The van der Waals surface area contributed by atoms with Gasteiger partial charge in [-0.3, -0.25) is 4.79 Å². The predicted octanol–water partition coefficient (Wildman–Crippen LogP) is 11.0. The summed E-state index contributed by atoms with van der Waals surface area (Å²) in [6, 6.07) is 28.5. The van der Waals surface area contributed by atoms with E-state index in [1.54, 1.807) is 19.1 Å². The lowest BCUT2D eigenvalue weighted by Crippen LogP contribution is -2.40. The van der Waals surface area contributed by atoms with Crippen LogP contribution in [0.3, 0.4) is 0 Å². The Balaban J connectivity index is 0.000000330. The SMILES string of the molecule is C=C(C)C(=O)Oc1ccc(C(=O)C(OC)(OC)c2ccc(OC(=O)C(=C)C)cc2)cc1.C=CC(=O)OCCCCOc1ccc(-c2ccc(OCCCCCCCC)cc2)cc1. The number of hydrogen-bond donors (Lipinski definition) is 0. The van der Waals surface area contributed by atoms with Crippen molar-refractivity contribution in [3.63, 3.8) is 0 Å². The number of benzene rings is 4. The molecule has 11 nitrogen and oxygen atoms in total. The van der Waals surface area contributed by atoms with Crippen molar-refractivity contribution < 1.29 is 52.3 Å². The highest BCUT2D eigenvalue weighted by Crippen LogP contribution is 2.32. The van der Waals surface area contributed by atoms with Crippen molar-refractivity contribution in [3.05, 3.63) is 145 Å². The van der Waals surface area contributed by atoms with Gasteiger partial charge in [-0.2, -0.15) is 0 Å². The number of methoxy groups -OCH3 is 2. The van der Waals surface area contributed by atoms with E-state index < -0.39 is 23.5 Å². The molecule has 0 saturated heterocycles. The summed E-state index contributed by atoms with van der Waals surface area (Å²) in [5, 5.41) is 0. The molecule has 11 heteroatoms. The van der Waals surface area contributed by atoms with Crippen molar-refractivity contribution in [3.8, 4) is 34.1 Å². The first-order valence-corrected chi connectivity index (χ1v) is 20.7. The predicted molar refractivity (Wildman–Crippen MR) is 240 cm³/mol. The Kier molecular flexibility index (Phi) is 21.6. The molecule has 4 aromatic carbocycles. The fraction of sp³-hybridized carbons (Fsp3) is 0.333. The third-order valence-electron chi connectivity index (χ3n) is 9.37. The molecule has 0 spiro atoms. The van der Waals surface area contributed by atoms with E-state index in [0.29, 0.717) is 18.8 Å². The first kappa shape index (κ1) is 50.1. The molecule has 0 fully saturated rings. The van der Waals surface area contributed by atoms with Crippen molar-refractivity contribution in [2.75, 3.05) is 34.0 Å². The summed E-state index contributed by atoms with van der Waals surface area (Å²) in [4.78, 5) is 47.5. The molecule has 330 valence electrons. The van der Waals surface area contributed by atoms with Crippen molar-refractivity contribution in [1.29, 1.82) is 0 Å². The van der Waals surface area contributed by atoms with Crippen molar-refractivity contribution in [2.45, 2.75) is 77.9 Å². The summed E-state index contributed by atoms with van der Waals surface area (Å²) >= 11 is 0. The van der Waals surface area contributed by atoms with Gasteiger partial charge in [-0.1, -0.05) is 83.0 Å². The van der Waals surface area contributed by atoms with Crippen LogP contribution in [0.25, 0.3) is 11.1 Å². The number of unbranched alkanes of at least 4 members (excludes halogenated alkanes) is 6. The number of carbonyl (C=O) groups excluding carboxylic acids is 4. The maximum absolute atomic E-state index is 13.3. The van der Waals surface area contributed by atoms with Gasteiger partial charge in [0.05, 0.1) is 19.8 Å². The van der Waals surface area contributed by atoms with E-state index in [4.69, 9.17) is 33.2 Å². The smallest absolute Gasteiger partial charge is 0.338 e. The number of Topliss-reactive ketones (excluding diaryl/α,β-unsaturated/α-hetero) is 1. The molecule has 0 aromatic heterocycles. The van der Waals surface area contributed by atoms with Gasteiger partial charge in [0, 0.05) is 42.6 Å². The zero-order valence-electron chi connectivity index (χ0n) is 36.7. The molecule has 0 saturated carbocycles. The van der Waals surface area contributed by atoms with Crippen molar-refractivity contribution in [1.82, 2.24) is 0 Å². The van der Waals surface area contributed by atoms with E-state index in [9.17, 15) is 19.2 Å². The van der Waals surface area contributed by atoms with Gasteiger partial charge in [0.2, 0.25) is 5.78 Å². The molecule has 0 unspecified atom stereocenters. The fourth-order valence-corrected chi connectivity index (χ4v) is 5.82. The standard InChI is InChI=1S/C27H36O4.C24H24O7/c1-3-5-6-7-8-9-20-29-25-16-12-23(13-17-25)24-14-18-26(19-15-24)30-21-10-11-22-31-27(28)4-2;1-15(2)22(26)30-19-11-7-17(8-12-19)21(25)24(28-5,29-6)18-9-13-20(14-10-18)31-23(27)16(3)4/h4,12-19H,2-3,5-11,20-22H2,1H3;7-14H,1,3H2,2,4-6H3. The van der Waals surface area contributed by atoms with Crippen LogP contribution < -0.4 is 18.9 Å². The summed E-state index contributed by atoms with van der Waals surface area (Å²) in [6.07, 6.45) is 10.4. The molecule has 62 heavy (non-hydrogen) atoms. The zero-order chi connectivity index (χ0) is 45.3. The maximum Gasteiger partial charge on any atom is 0.338 e.